The summed E-state index contributed by atoms with van der Waals surface area (Å²) in [4.78, 5) is 11.8. The van der Waals surface area contributed by atoms with Gasteiger partial charge in [0.15, 0.2) is 0 Å². The number of anilines is 1. The molecule has 1 aliphatic heterocycles. The van der Waals surface area contributed by atoms with Crippen LogP contribution in [-0.4, -0.2) is 30.1 Å². The van der Waals surface area contributed by atoms with E-state index in [4.69, 9.17) is 0 Å². The van der Waals surface area contributed by atoms with Gasteiger partial charge in [0.25, 0.3) is 0 Å². The van der Waals surface area contributed by atoms with E-state index in [0.717, 1.165) is 6.07 Å². The number of nitro groups is 1. The first-order valence-electron chi connectivity index (χ1n) is 6.03. The van der Waals surface area contributed by atoms with Crippen molar-refractivity contribution in [2.24, 2.45) is 0 Å². The second-order valence-corrected chi connectivity index (χ2v) is 4.89. The summed E-state index contributed by atoms with van der Waals surface area (Å²) in [6.07, 6.45) is 0. The lowest BCUT2D eigenvalue weighted by molar-refractivity contribution is -0.386. The second-order valence-electron chi connectivity index (χ2n) is 4.89. The third-order valence-corrected chi connectivity index (χ3v) is 3.09. The van der Waals surface area contributed by atoms with Gasteiger partial charge in [0.1, 0.15) is 11.5 Å². The van der Waals surface area contributed by atoms with Crippen LogP contribution in [0.3, 0.4) is 0 Å². The Morgan fingerprint density at radius 1 is 1.32 bits per heavy atom. The molecule has 1 N–H and O–H groups in total. The van der Waals surface area contributed by atoms with E-state index < -0.39 is 22.2 Å². The summed E-state index contributed by atoms with van der Waals surface area (Å²) in [6.45, 7) is 4.77. The number of rotatable bonds is 2. The van der Waals surface area contributed by atoms with Crippen molar-refractivity contribution in [3.05, 3.63) is 33.9 Å². The van der Waals surface area contributed by atoms with Crippen molar-refractivity contribution in [3.63, 3.8) is 0 Å². The molecule has 0 bridgehead atoms. The van der Waals surface area contributed by atoms with E-state index >= 15 is 0 Å². The van der Waals surface area contributed by atoms with Crippen molar-refractivity contribution >= 4 is 11.4 Å². The lowest BCUT2D eigenvalue weighted by Gasteiger charge is -2.37. The van der Waals surface area contributed by atoms with E-state index in [9.17, 15) is 18.9 Å². The lowest BCUT2D eigenvalue weighted by Crippen LogP contribution is -2.54. The Kier molecular flexibility index (Phi) is 3.66. The highest BCUT2D eigenvalue weighted by atomic mass is 19.1. The van der Waals surface area contributed by atoms with E-state index in [1.54, 1.807) is 4.90 Å². The van der Waals surface area contributed by atoms with Gasteiger partial charge in [0, 0.05) is 37.3 Å². The summed E-state index contributed by atoms with van der Waals surface area (Å²) < 4.78 is 26.9. The van der Waals surface area contributed by atoms with Crippen molar-refractivity contribution in [1.29, 1.82) is 0 Å². The predicted molar refractivity (Wildman–Crippen MR) is 67.3 cm³/mol. The van der Waals surface area contributed by atoms with Crippen LogP contribution in [0.5, 0.6) is 0 Å². The molecule has 19 heavy (non-hydrogen) atoms. The summed E-state index contributed by atoms with van der Waals surface area (Å²) >= 11 is 0. The zero-order valence-electron chi connectivity index (χ0n) is 10.7. The molecule has 7 heteroatoms. The summed E-state index contributed by atoms with van der Waals surface area (Å²) in [5.74, 6) is -1.95. The number of benzene rings is 1. The Labute approximate surface area is 109 Å². The molecule has 5 nitrogen and oxygen atoms in total. The fourth-order valence-corrected chi connectivity index (χ4v) is 2.50. The Bertz CT molecular complexity index is 500. The second kappa shape index (κ2) is 5.08. The van der Waals surface area contributed by atoms with Crippen molar-refractivity contribution < 1.29 is 13.7 Å². The van der Waals surface area contributed by atoms with Crippen molar-refractivity contribution in [1.82, 2.24) is 5.32 Å². The average molecular weight is 271 g/mol. The van der Waals surface area contributed by atoms with Crippen molar-refractivity contribution in [2.45, 2.75) is 25.9 Å². The Morgan fingerprint density at radius 2 is 1.89 bits per heavy atom. The van der Waals surface area contributed by atoms with Gasteiger partial charge in [0.05, 0.1) is 4.92 Å². The van der Waals surface area contributed by atoms with Crippen LogP contribution in [0, 0.1) is 21.7 Å². The Morgan fingerprint density at radius 3 is 2.42 bits per heavy atom. The predicted octanol–water partition coefficient (Wildman–Crippen LogP) is 2.06. The number of hydrogen-bond acceptors (Lipinski definition) is 4. The van der Waals surface area contributed by atoms with Crippen LogP contribution >= 0.6 is 0 Å². The van der Waals surface area contributed by atoms with E-state index in [-0.39, 0.29) is 17.8 Å². The van der Waals surface area contributed by atoms with E-state index in [0.29, 0.717) is 19.2 Å². The molecular weight excluding hydrogens is 256 g/mol. The van der Waals surface area contributed by atoms with Crippen LogP contribution in [0.2, 0.25) is 0 Å². The van der Waals surface area contributed by atoms with Crippen LogP contribution < -0.4 is 10.2 Å². The highest BCUT2D eigenvalue weighted by Crippen LogP contribution is 2.33. The summed E-state index contributed by atoms with van der Waals surface area (Å²) in [6, 6.07) is 1.74. The maximum atomic E-state index is 13.6. The normalized spacial score (nSPS) is 23.5. The molecule has 0 spiro atoms. The van der Waals surface area contributed by atoms with Crippen LogP contribution in [0.4, 0.5) is 20.2 Å². The summed E-state index contributed by atoms with van der Waals surface area (Å²) in [5, 5.41) is 14.2. The SMILES string of the molecule is CC1CN(c2cc(F)cc(F)c2[N+](=O)[O-])CC(C)N1. The first kappa shape index (κ1) is 13.7. The molecule has 1 aromatic carbocycles. The first-order valence-corrected chi connectivity index (χ1v) is 6.03. The fraction of sp³-hybridized carbons (Fsp3) is 0.500. The summed E-state index contributed by atoms with van der Waals surface area (Å²) in [5.41, 5.74) is -0.662. The van der Waals surface area contributed by atoms with E-state index in [2.05, 4.69) is 5.32 Å². The van der Waals surface area contributed by atoms with Gasteiger partial charge in [-0.05, 0) is 13.8 Å². The Balaban J connectivity index is 2.45. The van der Waals surface area contributed by atoms with Gasteiger partial charge in [-0.1, -0.05) is 0 Å². The van der Waals surface area contributed by atoms with Gasteiger partial charge in [0.2, 0.25) is 5.82 Å². The smallest absolute Gasteiger partial charge is 0.328 e. The monoisotopic (exact) mass is 271 g/mol. The minimum atomic E-state index is -1.14. The molecule has 2 unspecified atom stereocenters. The van der Waals surface area contributed by atoms with Gasteiger partial charge in [-0.15, -0.1) is 0 Å². The molecule has 0 radical (unpaired) electrons. The highest BCUT2D eigenvalue weighted by Gasteiger charge is 2.30. The fourth-order valence-electron chi connectivity index (χ4n) is 2.50. The number of halogens is 2. The minimum absolute atomic E-state index is 0.00250. The first-order chi connectivity index (χ1) is 8.88. The number of nitro benzene ring substituents is 1. The van der Waals surface area contributed by atoms with Crippen LogP contribution in [-0.2, 0) is 0 Å². The number of piperazine rings is 1. The molecule has 0 aliphatic carbocycles. The number of nitrogens with one attached hydrogen (secondary N) is 1. The van der Waals surface area contributed by atoms with Crippen LogP contribution in [0.1, 0.15) is 13.8 Å². The maximum Gasteiger partial charge on any atom is 0.328 e. The topological polar surface area (TPSA) is 58.4 Å². The molecule has 2 atom stereocenters. The molecule has 1 saturated heterocycles. The molecule has 1 aromatic rings. The van der Waals surface area contributed by atoms with Crippen molar-refractivity contribution in [2.75, 3.05) is 18.0 Å². The van der Waals surface area contributed by atoms with Crippen molar-refractivity contribution in [3.8, 4) is 0 Å². The third kappa shape index (κ3) is 2.81. The molecule has 1 fully saturated rings. The number of hydrogen-bond donors (Lipinski definition) is 1. The van der Waals surface area contributed by atoms with E-state index in [1.807, 2.05) is 13.8 Å². The molecule has 1 aliphatic rings. The molecule has 104 valence electrons. The largest absolute Gasteiger partial charge is 0.363 e. The molecule has 0 amide bonds. The van der Waals surface area contributed by atoms with Gasteiger partial charge >= 0.3 is 5.69 Å². The quantitative estimate of drug-likeness (QED) is 0.660. The van der Waals surface area contributed by atoms with Gasteiger partial charge in [-0.25, -0.2) is 4.39 Å². The van der Waals surface area contributed by atoms with Crippen LogP contribution in [0.25, 0.3) is 0 Å². The van der Waals surface area contributed by atoms with Gasteiger partial charge < -0.3 is 10.2 Å². The molecule has 1 heterocycles. The minimum Gasteiger partial charge on any atom is -0.363 e. The molecular formula is C12H15F2N3O2. The van der Waals surface area contributed by atoms with Gasteiger partial charge in [-0.2, -0.15) is 4.39 Å². The molecule has 2 rings (SSSR count). The Hall–Kier alpha value is -1.76. The molecule has 0 aromatic heterocycles. The zero-order chi connectivity index (χ0) is 14.2. The van der Waals surface area contributed by atoms with Crippen LogP contribution in [0.15, 0.2) is 12.1 Å². The maximum absolute atomic E-state index is 13.6. The molecule has 0 saturated carbocycles. The lowest BCUT2D eigenvalue weighted by atomic mass is 10.1. The highest BCUT2D eigenvalue weighted by molar-refractivity contribution is 5.64. The standard InChI is InChI=1S/C12H15F2N3O2/c1-7-5-16(6-8(2)15-7)11-4-9(13)3-10(14)12(11)17(18)19/h3-4,7-8,15H,5-6H2,1-2H3. The van der Waals surface area contributed by atoms with E-state index in [1.165, 1.54) is 0 Å². The number of nitrogens with zero attached hydrogens (tertiary/aromatic N) is 2. The zero-order valence-corrected chi connectivity index (χ0v) is 10.7. The average Bonchev–Trinajstić information content (AvgIpc) is 2.25. The summed E-state index contributed by atoms with van der Waals surface area (Å²) in [7, 11) is 0. The third-order valence-electron chi connectivity index (χ3n) is 3.09. The van der Waals surface area contributed by atoms with Gasteiger partial charge in [-0.3, -0.25) is 10.1 Å².